The van der Waals surface area contributed by atoms with Gasteiger partial charge in [-0.25, -0.2) is 9.59 Å². The Labute approximate surface area is 109 Å². The summed E-state index contributed by atoms with van der Waals surface area (Å²) < 4.78 is 10.2. The van der Waals surface area contributed by atoms with Crippen molar-refractivity contribution in [2.75, 3.05) is 7.11 Å². The molecule has 1 aromatic heterocycles. The number of rotatable bonds is 4. The van der Waals surface area contributed by atoms with E-state index < -0.39 is 11.6 Å². The van der Waals surface area contributed by atoms with Crippen LogP contribution < -0.4 is 5.63 Å². The molecule has 0 aliphatic rings. The second kappa shape index (κ2) is 5.24. The molecule has 1 heterocycles. The first-order valence-electron chi connectivity index (χ1n) is 5.68. The van der Waals surface area contributed by atoms with Crippen LogP contribution in [0.15, 0.2) is 33.5 Å². The second-order valence-corrected chi connectivity index (χ2v) is 4.15. The normalized spacial score (nSPS) is 12.5. The Kier molecular flexibility index (Phi) is 3.66. The molecule has 1 unspecified atom stereocenters. The minimum atomic E-state index is -1.30. The van der Waals surface area contributed by atoms with Gasteiger partial charge in [-0.15, -0.1) is 0 Å². The van der Waals surface area contributed by atoms with Gasteiger partial charge in [-0.3, -0.25) is 0 Å². The van der Waals surface area contributed by atoms with E-state index in [0.717, 1.165) is 5.56 Å². The molecule has 19 heavy (non-hydrogen) atoms. The maximum absolute atomic E-state index is 11.6. The number of carbonyl (C=O) groups is 1. The predicted molar refractivity (Wildman–Crippen MR) is 69.3 cm³/mol. The molecule has 1 N–H and O–H groups in total. The largest absolute Gasteiger partial charge is 0.477 e. The summed E-state index contributed by atoms with van der Waals surface area (Å²) in [5.74, 6) is -1.30. The van der Waals surface area contributed by atoms with E-state index in [0.29, 0.717) is 17.4 Å². The topological polar surface area (TPSA) is 76.7 Å². The van der Waals surface area contributed by atoms with Crippen LogP contribution in [0, 0.1) is 6.92 Å². The zero-order valence-corrected chi connectivity index (χ0v) is 10.4. The van der Waals surface area contributed by atoms with E-state index in [9.17, 15) is 9.59 Å². The van der Waals surface area contributed by atoms with Crippen LogP contribution in [0.1, 0.15) is 15.9 Å². The summed E-state index contributed by atoms with van der Waals surface area (Å²) in [5, 5.41) is 9.46. The van der Waals surface area contributed by atoms with Gasteiger partial charge in [-0.1, -0.05) is 18.2 Å². The highest BCUT2D eigenvalue weighted by atomic mass is 16.5. The van der Waals surface area contributed by atoms with Crippen molar-refractivity contribution in [2.45, 2.75) is 12.5 Å². The first-order valence-corrected chi connectivity index (χ1v) is 5.68. The fourth-order valence-electron chi connectivity index (χ4n) is 1.84. The number of fused-ring (bicyclic) bond motifs is 1. The summed E-state index contributed by atoms with van der Waals surface area (Å²) >= 11 is 0. The van der Waals surface area contributed by atoms with Gasteiger partial charge in [0, 0.05) is 18.9 Å². The van der Waals surface area contributed by atoms with Crippen LogP contribution in [0.25, 0.3) is 11.0 Å². The number of carboxylic acids is 1. The fraction of sp³-hybridized carbons (Fsp3) is 0.214. The second-order valence-electron chi connectivity index (χ2n) is 4.15. The molecule has 0 fully saturated rings. The van der Waals surface area contributed by atoms with E-state index in [1.54, 1.807) is 25.3 Å². The first-order chi connectivity index (χ1) is 9.02. The number of ether oxygens (including phenoxy) is 1. The van der Waals surface area contributed by atoms with Crippen molar-refractivity contribution in [1.29, 1.82) is 0 Å². The minimum absolute atomic E-state index is 0.268. The summed E-state index contributed by atoms with van der Waals surface area (Å²) in [4.78, 5) is 22.5. The zero-order chi connectivity index (χ0) is 14.0. The third-order valence-electron chi connectivity index (χ3n) is 2.85. The number of hydrogen-bond acceptors (Lipinski definition) is 4. The summed E-state index contributed by atoms with van der Waals surface area (Å²) in [5.41, 5.74) is -0.0929. The van der Waals surface area contributed by atoms with Gasteiger partial charge in [-0.2, -0.15) is 0 Å². The Hall–Kier alpha value is -2.14. The van der Waals surface area contributed by atoms with Crippen LogP contribution in [-0.2, 0) is 11.2 Å². The Morgan fingerprint density at radius 2 is 2.26 bits per heavy atom. The average molecular weight is 261 g/mol. The standard InChI is InChI=1S/C14H13O5/c1-8(18-2)6-9-4-3-5-10-7-11(13(15)16)14(17)19-12(9)10/h3-5,7-8H,1,6H2,2H3,(H,15,16). The van der Waals surface area contributed by atoms with Crippen molar-refractivity contribution < 1.29 is 19.1 Å². The lowest BCUT2D eigenvalue weighted by molar-refractivity contribution is 0.0692. The fourth-order valence-corrected chi connectivity index (χ4v) is 1.84. The Morgan fingerprint density at radius 3 is 2.89 bits per heavy atom. The predicted octanol–water partition coefficient (Wildman–Crippen LogP) is 1.88. The lowest BCUT2D eigenvalue weighted by atomic mass is 10.0. The van der Waals surface area contributed by atoms with Gasteiger partial charge in [0.25, 0.3) is 0 Å². The molecular weight excluding hydrogens is 248 g/mol. The molecule has 1 aromatic carbocycles. The number of carboxylic acid groups (broad SMARTS) is 1. The molecule has 1 radical (unpaired) electrons. The highest BCUT2D eigenvalue weighted by Crippen LogP contribution is 2.20. The van der Waals surface area contributed by atoms with E-state index in [4.69, 9.17) is 14.3 Å². The van der Waals surface area contributed by atoms with Gasteiger partial charge in [0.05, 0.1) is 6.10 Å². The molecule has 5 heteroatoms. The SMILES string of the molecule is [CH2]C(Cc1cccc2cc(C(=O)O)c(=O)oc12)OC. The lowest BCUT2D eigenvalue weighted by Crippen LogP contribution is -2.14. The zero-order valence-electron chi connectivity index (χ0n) is 10.4. The van der Waals surface area contributed by atoms with Crippen LogP contribution in [0.3, 0.4) is 0 Å². The number of para-hydroxylation sites is 1. The van der Waals surface area contributed by atoms with Crippen molar-refractivity contribution >= 4 is 16.9 Å². The van der Waals surface area contributed by atoms with Crippen molar-refractivity contribution in [3.8, 4) is 0 Å². The molecule has 5 nitrogen and oxygen atoms in total. The van der Waals surface area contributed by atoms with Crippen molar-refractivity contribution in [3.63, 3.8) is 0 Å². The highest BCUT2D eigenvalue weighted by molar-refractivity contribution is 5.92. The highest BCUT2D eigenvalue weighted by Gasteiger charge is 2.14. The summed E-state index contributed by atoms with van der Waals surface area (Å²) in [6.45, 7) is 3.79. The van der Waals surface area contributed by atoms with E-state index in [-0.39, 0.29) is 11.7 Å². The molecule has 0 saturated heterocycles. The monoisotopic (exact) mass is 261 g/mol. The quantitative estimate of drug-likeness (QED) is 0.850. The van der Waals surface area contributed by atoms with Crippen LogP contribution >= 0.6 is 0 Å². The van der Waals surface area contributed by atoms with Gasteiger partial charge in [0.2, 0.25) is 0 Å². The van der Waals surface area contributed by atoms with Gasteiger partial charge in [-0.05, 0) is 18.6 Å². The number of hydrogen-bond donors (Lipinski definition) is 1. The molecule has 0 spiro atoms. The van der Waals surface area contributed by atoms with E-state index in [2.05, 4.69) is 6.92 Å². The van der Waals surface area contributed by atoms with E-state index in [1.165, 1.54) is 6.07 Å². The number of aromatic carboxylic acids is 1. The lowest BCUT2D eigenvalue weighted by Gasteiger charge is -2.10. The van der Waals surface area contributed by atoms with E-state index >= 15 is 0 Å². The van der Waals surface area contributed by atoms with Crippen LogP contribution in [0.5, 0.6) is 0 Å². The number of methoxy groups -OCH3 is 1. The molecular formula is C14H13O5. The average Bonchev–Trinajstić information content (AvgIpc) is 2.38. The van der Waals surface area contributed by atoms with Gasteiger partial charge < -0.3 is 14.3 Å². The molecule has 0 saturated carbocycles. The van der Waals surface area contributed by atoms with Crippen molar-refractivity contribution in [1.82, 2.24) is 0 Å². The van der Waals surface area contributed by atoms with Crippen molar-refractivity contribution in [3.05, 3.63) is 52.7 Å². The third-order valence-corrected chi connectivity index (χ3v) is 2.85. The Bertz CT molecular complexity index is 671. The molecule has 0 aliphatic heterocycles. The van der Waals surface area contributed by atoms with Gasteiger partial charge in [0.15, 0.2) is 0 Å². The number of benzene rings is 1. The molecule has 2 rings (SSSR count). The maximum Gasteiger partial charge on any atom is 0.351 e. The van der Waals surface area contributed by atoms with Crippen LogP contribution in [0.4, 0.5) is 0 Å². The smallest absolute Gasteiger partial charge is 0.351 e. The molecule has 0 bridgehead atoms. The molecule has 0 amide bonds. The summed E-state index contributed by atoms with van der Waals surface area (Å²) in [7, 11) is 1.54. The van der Waals surface area contributed by atoms with Gasteiger partial charge >= 0.3 is 11.6 Å². The van der Waals surface area contributed by atoms with Crippen LogP contribution in [-0.4, -0.2) is 24.3 Å². The minimum Gasteiger partial charge on any atom is -0.477 e. The maximum atomic E-state index is 11.6. The van der Waals surface area contributed by atoms with Gasteiger partial charge in [0.1, 0.15) is 11.1 Å². The summed E-state index contributed by atoms with van der Waals surface area (Å²) in [6, 6.07) is 6.57. The molecule has 99 valence electrons. The molecule has 0 aliphatic carbocycles. The van der Waals surface area contributed by atoms with E-state index in [1.807, 2.05) is 0 Å². The molecule has 2 aromatic rings. The molecule has 1 atom stereocenters. The van der Waals surface area contributed by atoms with Crippen molar-refractivity contribution in [2.24, 2.45) is 0 Å². The third kappa shape index (κ3) is 2.66. The Morgan fingerprint density at radius 1 is 1.53 bits per heavy atom. The van der Waals surface area contributed by atoms with Crippen LogP contribution in [0.2, 0.25) is 0 Å². The first kappa shape index (κ1) is 13.3. The Balaban J connectivity index is 2.60. The summed E-state index contributed by atoms with van der Waals surface area (Å²) in [6.07, 6.45) is 0.207.